The Morgan fingerprint density at radius 3 is 2.88 bits per heavy atom. The fourth-order valence-corrected chi connectivity index (χ4v) is 2.08. The molecular formula is C13H23N3O. The Labute approximate surface area is 104 Å². The van der Waals surface area contributed by atoms with Crippen LogP contribution in [-0.4, -0.2) is 37.0 Å². The molecule has 0 radical (unpaired) electrons. The van der Waals surface area contributed by atoms with Crippen LogP contribution in [0.3, 0.4) is 0 Å². The van der Waals surface area contributed by atoms with Gasteiger partial charge in [-0.25, -0.2) is 0 Å². The topological polar surface area (TPSA) is 56.1 Å². The van der Waals surface area contributed by atoms with Gasteiger partial charge < -0.3 is 10.2 Å². The zero-order chi connectivity index (χ0) is 12.9. The molecule has 4 heteroatoms. The van der Waals surface area contributed by atoms with E-state index in [-0.39, 0.29) is 11.3 Å². The lowest BCUT2D eigenvalue weighted by molar-refractivity contribution is -0.132. The minimum atomic E-state index is 0.149. The quantitative estimate of drug-likeness (QED) is 0.789. The molecule has 0 aromatic rings. The SMILES string of the molecule is CN1CC(NCC(C)(C)CCC#N)CCC1=O. The van der Waals surface area contributed by atoms with E-state index in [9.17, 15) is 4.79 Å². The molecule has 0 bridgehead atoms. The number of amides is 1. The number of hydrogen-bond acceptors (Lipinski definition) is 3. The van der Waals surface area contributed by atoms with Gasteiger partial charge in [0.05, 0.1) is 6.07 Å². The van der Waals surface area contributed by atoms with E-state index in [2.05, 4.69) is 25.2 Å². The van der Waals surface area contributed by atoms with Crippen molar-refractivity contribution in [1.82, 2.24) is 10.2 Å². The molecule has 96 valence electrons. The molecule has 0 aliphatic carbocycles. The zero-order valence-electron chi connectivity index (χ0n) is 11.1. The van der Waals surface area contributed by atoms with Crippen molar-refractivity contribution < 1.29 is 4.79 Å². The third-order valence-electron chi connectivity index (χ3n) is 3.41. The summed E-state index contributed by atoms with van der Waals surface area (Å²) in [4.78, 5) is 13.1. The lowest BCUT2D eigenvalue weighted by Gasteiger charge is -2.33. The van der Waals surface area contributed by atoms with Crippen LogP contribution in [0.25, 0.3) is 0 Å². The summed E-state index contributed by atoms with van der Waals surface area (Å²) in [5, 5.41) is 12.1. The van der Waals surface area contributed by atoms with E-state index in [4.69, 9.17) is 5.26 Å². The van der Waals surface area contributed by atoms with Crippen LogP contribution in [0, 0.1) is 16.7 Å². The van der Waals surface area contributed by atoms with Gasteiger partial charge in [-0.3, -0.25) is 4.79 Å². The van der Waals surface area contributed by atoms with E-state index in [1.54, 1.807) is 4.90 Å². The molecular weight excluding hydrogens is 214 g/mol. The highest BCUT2D eigenvalue weighted by molar-refractivity contribution is 5.76. The zero-order valence-corrected chi connectivity index (χ0v) is 11.1. The Bertz CT molecular complexity index is 306. The average Bonchev–Trinajstić information content (AvgIpc) is 2.28. The van der Waals surface area contributed by atoms with Crippen LogP contribution in [-0.2, 0) is 4.79 Å². The van der Waals surface area contributed by atoms with Crippen molar-refractivity contribution in [3.63, 3.8) is 0 Å². The van der Waals surface area contributed by atoms with E-state index >= 15 is 0 Å². The third-order valence-corrected chi connectivity index (χ3v) is 3.41. The van der Waals surface area contributed by atoms with Gasteiger partial charge in [0, 0.05) is 39.0 Å². The maximum atomic E-state index is 11.3. The van der Waals surface area contributed by atoms with E-state index in [0.717, 1.165) is 25.9 Å². The van der Waals surface area contributed by atoms with E-state index in [0.29, 0.717) is 18.9 Å². The molecule has 1 saturated heterocycles. The molecule has 1 aliphatic heterocycles. The maximum Gasteiger partial charge on any atom is 0.222 e. The first-order valence-corrected chi connectivity index (χ1v) is 6.29. The summed E-state index contributed by atoms with van der Waals surface area (Å²) in [7, 11) is 1.86. The van der Waals surface area contributed by atoms with Gasteiger partial charge in [-0.05, 0) is 18.3 Å². The van der Waals surface area contributed by atoms with Crippen molar-refractivity contribution in [3.8, 4) is 6.07 Å². The number of carbonyl (C=O) groups is 1. The largest absolute Gasteiger partial charge is 0.344 e. The van der Waals surface area contributed by atoms with Crippen molar-refractivity contribution in [1.29, 1.82) is 5.26 Å². The normalized spacial score (nSPS) is 21.4. The van der Waals surface area contributed by atoms with Crippen molar-refractivity contribution in [2.45, 2.75) is 45.6 Å². The highest BCUT2D eigenvalue weighted by Crippen LogP contribution is 2.21. The molecule has 1 N–H and O–H groups in total. The van der Waals surface area contributed by atoms with Gasteiger partial charge in [0.2, 0.25) is 5.91 Å². The Balaban J connectivity index is 2.31. The van der Waals surface area contributed by atoms with Crippen LogP contribution >= 0.6 is 0 Å². The van der Waals surface area contributed by atoms with Crippen molar-refractivity contribution in [2.75, 3.05) is 20.1 Å². The Morgan fingerprint density at radius 1 is 1.59 bits per heavy atom. The van der Waals surface area contributed by atoms with E-state index in [1.165, 1.54) is 0 Å². The van der Waals surface area contributed by atoms with Crippen LogP contribution in [0.2, 0.25) is 0 Å². The summed E-state index contributed by atoms with van der Waals surface area (Å²) in [6.07, 6.45) is 3.10. The third kappa shape index (κ3) is 4.74. The van der Waals surface area contributed by atoms with Crippen LogP contribution in [0.5, 0.6) is 0 Å². The number of nitrogens with zero attached hydrogens (tertiary/aromatic N) is 2. The van der Waals surface area contributed by atoms with Gasteiger partial charge in [-0.15, -0.1) is 0 Å². The summed E-state index contributed by atoms with van der Waals surface area (Å²) in [6, 6.07) is 2.60. The van der Waals surface area contributed by atoms with Gasteiger partial charge in [0.1, 0.15) is 0 Å². The highest BCUT2D eigenvalue weighted by atomic mass is 16.2. The predicted octanol–water partition coefficient (Wildman–Crippen LogP) is 1.53. The monoisotopic (exact) mass is 237 g/mol. The molecule has 0 aromatic carbocycles. The van der Waals surface area contributed by atoms with Crippen LogP contribution < -0.4 is 5.32 Å². The molecule has 0 aromatic heterocycles. The molecule has 1 unspecified atom stereocenters. The second-order valence-electron chi connectivity index (χ2n) is 5.71. The lowest BCUT2D eigenvalue weighted by Crippen LogP contribution is -2.48. The van der Waals surface area contributed by atoms with Gasteiger partial charge in [-0.1, -0.05) is 13.8 Å². The maximum absolute atomic E-state index is 11.3. The van der Waals surface area contributed by atoms with Gasteiger partial charge in [0.15, 0.2) is 0 Å². The number of carbonyl (C=O) groups excluding carboxylic acids is 1. The number of nitrogens with one attached hydrogen (secondary N) is 1. The molecule has 1 atom stereocenters. The molecule has 1 rings (SSSR count). The number of hydrogen-bond donors (Lipinski definition) is 1. The second-order valence-corrected chi connectivity index (χ2v) is 5.71. The minimum absolute atomic E-state index is 0.149. The smallest absolute Gasteiger partial charge is 0.222 e. The number of nitriles is 1. The Hall–Kier alpha value is -1.08. The fourth-order valence-electron chi connectivity index (χ4n) is 2.08. The number of piperidine rings is 1. The van der Waals surface area contributed by atoms with Gasteiger partial charge in [-0.2, -0.15) is 5.26 Å². The summed E-state index contributed by atoms with van der Waals surface area (Å²) < 4.78 is 0. The number of likely N-dealkylation sites (N-methyl/N-ethyl adjacent to an activating group) is 1. The van der Waals surface area contributed by atoms with Crippen LogP contribution in [0.15, 0.2) is 0 Å². The first-order chi connectivity index (χ1) is 7.94. The standard InChI is InChI=1S/C13H23N3O/c1-13(2,7-4-8-14)10-15-11-5-6-12(17)16(3)9-11/h11,15H,4-7,9-10H2,1-3H3. The lowest BCUT2D eigenvalue weighted by atomic mass is 9.87. The fraction of sp³-hybridized carbons (Fsp3) is 0.846. The minimum Gasteiger partial charge on any atom is -0.344 e. The van der Waals surface area contributed by atoms with Gasteiger partial charge in [0.25, 0.3) is 0 Å². The van der Waals surface area contributed by atoms with E-state index < -0.39 is 0 Å². The molecule has 0 saturated carbocycles. The summed E-state index contributed by atoms with van der Waals surface area (Å²) in [6.45, 7) is 6.05. The number of likely N-dealkylation sites (tertiary alicyclic amines) is 1. The van der Waals surface area contributed by atoms with Gasteiger partial charge >= 0.3 is 0 Å². The molecule has 1 aliphatic rings. The predicted molar refractivity (Wildman–Crippen MR) is 67.3 cm³/mol. The van der Waals surface area contributed by atoms with E-state index in [1.807, 2.05) is 7.05 Å². The molecule has 0 spiro atoms. The van der Waals surface area contributed by atoms with Crippen LogP contribution in [0.1, 0.15) is 39.5 Å². The Morgan fingerprint density at radius 2 is 2.29 bits per heavy atom. The van der Waals surface area contributed by atoms with Crippen molar-refractivity contribution in [3.05, 3.63) is 0 Å². The molecule has 4 nitrogen and oxygen atoms in total. The van der Waals surface area contributed by atoms with Crippen molar-refractivity contribution in [2.24, 2.45) is 5.41 Å². The molecule has 17 heavy (non-hydrogen) atoms. The molecule has 1 amide bonds. The summed E-state index contributed by atoms with van der Waals surface area (Å²) in [5.41, 5.74) is 0.149. The molecule has 1 heterocycles. The summed E-state index contributed by atoms with van der Waals surface area (Å²) in [5.74, 6) is 0.242. The average molecular weight is 237 g/mol. The Kier molecular flexibility index (Phi) is 4.95. The highest BCUT2D eigenvalue weighted by Gasteiger charge is 2.25. The van der Waals surface area contributed by atoms with Crippen molar-refractivity contribution >= 4 is 5.91 Å². The molecule has 1 fully saturated rings. The summed E-state index contributed by atoms with van der Waals surface area (Å²) >= 11 is 0. The first-order valence-electron chi connectivity index (χ1n) is 6.29. The number of rotatable bonds is 5. The van der Waals surface area contributed by atoms with Crippen LogP contribution in [0.4, 0.5) is 0 Å². The first kappa shape index (κ1) is 14.0. The second kappa shape index (κ2) is 6.02.